The lowest BCUT2D eigenvalue weighted by molar-refractivity contribution is -0.381. The second kappa shape index (κ2) is 23.8. The highest BCUT2D eigenvalue weighted by molar-refractivity contribution is 5.76. The van der Waals surface area contributed by atoms with Gasteiger partial charge < -0.3 is 140 Å². The van der Waals surface area contributed by atoms with E-state index in [-0.39, 0.29) is 0 Å². The highest BCUT2D eigenvalue weighted by Gasteiger charge is 2.59. The van der Waals surface area contributed by atoms with Crippen LogP contribution in [0.2, 0.25) is 0 Å². The third-order valence-electron chi connectivity index (χ3n) is 12.1. The summed E-state index contributed by atoms with van der Waals surface area (Å²) in [6, 6.07) is -3.37. The van der Waals surface area contributed by atoms with E-state index in [1.807, 2.05) is 0 Å². The van der Waals surface area contributed by atoms with E-state index in [0.717, 1.165) is 13.8 Å². The number of carboxylic acid groups (broad SMARTS) is 1. The van der Waals surface area contributed by atoms with E-state index in [9.17, 15) is 101 Å². The molecule has 0 saturated carbocycles. The Kier molecular flexibility index (Phi) is 19.7. The fourth-order valence-electron chi connectivity index (χ4n) is 8.43. The molecule has 5 saturated heterocycles. The van der Waals surface area contributed by atoms with Crippen molar-refractivity contribution < 1.29 is 144 Å². The summed E-state index contributed by atoms with van der Waals surface area (Å²) in [5.74, 6) is -6.55. The van der Waals surface area contributed by atoms with Crippen molar-refractivity contribution in [1.29, 1.82) is 0 Å². The highest BCUT2D eigenvalue weighted by atomic mass is 16.8. The van der Waals surface area contributed by atoms with Crippen LogP contribution in [0.4, 0.5) is 0 Å². The largest absolute Gasteiger partial charge is 0.477 e. The zero-order valence-corrected chi connectivity index (χ0v) is 36.2. The summed E-state index contributed by atoms with van der Waals surface area (Å²) in [4.78, 5) is 37.1. The van der Waals surface area contributed by atoms with Crippen molar-refractivity contribution in [2.45, 2.75) is 179 Å². The summed E-state index contributed by atoms with van der Waals surface area (Å²) in [6.07, 6.45) is -46.1. The first kappa shape index (κ1) is 56.3. The van der Waals surface area contributed by atoms with Gasteiger partial charge in [0.25, 0.3) is 5.79 Å². The fourth-order valence-corrected chi connectivity index (χ4v) is 8.43. The molecule has 394 valence electrons. The molecule has 31 nitrogen and oxygen atoms in total. The molecule has 5 rings (SSSR count). The number of carbonyl (C=O) groups is 3. The lowest BCUT2D eigenvalue weighted by atomic mass is 9.88. The fraction of sp³-hybridized carbons (Fsp3) is 0.919. The molecule has 0 bridgehead atoms. The summed E-state index contributed by atoms with van der Waals surface area (Å²) in [5.41, 5.74) is 0. The predicted octanol–water partition coefficient (Wildman–Crippen LogP) is -12.4. The van der Waals surface area contributed by atoms with Crippen molar-refractivity contribution in [1.82, 2.24) is 10.6 Å². The maximum absolute atomic E-state index is 12.7. The molecule has 5 aliphatic rings. The van der Waals surface area contributed by atoms with Crippen LogP contribution in [-0.2, 0) is 57.0 Å². The van der Waals surface area contributed by atoms with Crippen LogP contribution in [0.5, 0.6) is 0 Å². The van der Waals surface area contributed by atoms with Crippen LogP contribution in [0.15, 0.2) is 0 Å². The molecule has 5 aliphatic heterocycles. The minimum Gasteiger partial charge on any atom is -0.477 e. The number of hydrogen-bond acceptors (Lipinski definition) is 28. The zero-order chi connectivity index (χ0) is 50.7. The van der Waals surface area contributed by atoms with Crippen molar-refractivity contribution >= 4 is 17.8 Å². The average molecular weight is 999 g/mol. The van der Waals surface area contributed by atoms with E-state index >= 15 is 0 Å². The van der Waals surface area contributed by atoms with Gasteiger partial charge in [-0.3, -0.25) is 9.59 Å². The van der Waals surface area contributed by atoms with Crippen LogP contribution in [0.1, 0.15) is 20.3 Å². The topological polar surface area (TPSA) is 502 Å². The number of aliphatic hydroxyl groups excluding tert-OH is 16. The number of amides is 2. The average Bonchev–Trinajstić information content (AvgIpc) is 3.29. The molecule has 26 atom stereocenters. The van der Waals surface area contributed by atoms with Gasteiger partial charge in [-0.2, -0.15) is 0 Å². The molecule has 0 aromatic carbocycles. The Morgan fingerprint density at radius 1 is 0.588 bits per heavy atom. The minimum absolute atomic E-state index is 0.776. The molecule has 0 aromatic heterocycles. The standard InChI is InChI=1S/C37H62N2O29/c1-9(44)38-17-11(46)3-37(36(58)59,68-30(17)19(48)12(47)4-40)60-8-16-20(49)23(52)26(55)34(64-16)65-28-15(7-43)63-33(18(22(28)51)39-10(2)45)67-31-21(50)13(5-41)62-35(27(31)56)66-29-14(6-42)61-32(57)25(54)24(29)53/h11-35,40-43,46-57H,3-8H2,1-2H3,(H,38,44)(H,39,45)(H,58,59)/t11-,12+,13+,14+,15+,16+,17+,18+,19+,20-,21-,22+,23-,24+,25+,26+,27+,28+,29+,30+,31-,32+,33-,34-,35-,37+/m0/s1. The molecule has 5 heterocycles. The molecule has 0 unspecified atom stereocenters. The van der Waals surface area contributed by atoms with Crippen LogP contribution in [0.3, 0.4) is 0 Å². The number of aliphatic hydroxyl groups is 16. The number of carboxylic acids is 1. The van der Waals surface area contributed by atoms with Crippen molar-refractivity contribution in [3.05, 3.63) is 0 Å². The maximum Gasteiger partial charge on any atom is 0.364 e. The van der Waals surface area contributed by atoms with Crippen LogP contribution >= 0.6 is 0 Å². The first-order valence-electron chi connectivity index (χ1n) is 21.2. The minimum atomic E-state index is -2.96. The monoisotopic (exact) mass is 998 g/mol. The third kappa shape index (κ3) is 12.0. The van der Waals surface area contributed by atoms with Crippen LogP contribution in [-0.4, -0.2) is 297 Å². The van der Waals surface area contributed by atoms with Gasteiger partial charge in [0.1, 0.15) is 116 Å². The molecule has 0 aliphatic carbocycles. The Bertz CT molecular complexity index is 1660. The first-order chi connectivity index (χ1) is 31.9. The number of carbonyl (C=O) groups excluding carboxylic acids is 2. The van der Waals surface area contributed by atoms with E-state index < -0.39 is 216 Å². The molecule has 31 heteroatoms. The summed E-state index contributed by atoms with van der Waals surface area (Å²) < 4.78 is 50.3. The number of rotatable bonds is 18. The maximum atomic E-state index is 12.7. The van der Waals surface area contributed by atoms with Gasteiger partial charge in [0.15, 0.2) is 25.2 Å². The van der Waals surface area contributed by atoms with Gasteiger partial charge in [0.2, 0.25) is 11.8 Å². The van der Waals surface area contributed by atoms with E-state index in [4.69, 9.17) is 42.6 Å². The lowest BCUT2D eigenvalue weighted by Crippen LogP contribution is -2.70. The smallest absolute Gasteiger partial charge is 0.364 e. The van der Waals surface area contributed by atoms with Crippen LogP contribution in [0.25, 0.3) is 0 Å². The van der Waals surface area contributed by atoms with E-state index in [1.165, 1.54) is 0 Å². The van der Waals surface area contributed by atoms with Gasteiger partial charge in [-0.15, -0.1) is 0 Å². The Morgan fingerprint density at radius 3 is 1.66 bits per heavy atom. The van der Waals surface area contributed by atoms with Gasteiger partial charge in [-0.1, -0.05) is 0 Å². The van der Waals surface area contributed by atoms with Gasteiger partial charge in [-0.25, -0.2) is 4.79 Å². The molecular weight excluding hydrogens is 936 g/mol. The third-order valence-corrected chi connectivity index (χ3v) is 12.1. The molecule has 0 spiro atoms. The predicted molar refractivity (Wildman–Crippen MR) is 207 cm³/mol. The Morgan fingerprint density at radius 2 is 1.10 bits per heavy atom. The Balaban J connectivity index is 1.35. The second-order valence-corrected chi connectivity index (χ2v) is 16.9. The van der Waals surface area contributed by atoms with Crippen molar-refractivity contribution in [3.63, 3.8) is 0 Å². The number of hydrogen-bond donors (Lipinski definition) is 19. The number of aliphatic carboxylic acids is 1. The van der Waals surface area contributed by atoms with E-state index in [1.54, 1.807) is 0 Å². The van der Waals surface area contributed by atoms with Crippen molar-refractivity contribution in [2.24, 2.45) is 0 Å². The Labute approximate surface area is 384 Å². The number of nitrogens with one attached hydrogen (secondary N) is 2. The molecule has 19 N–H and O–H groups in total. The molecule has 0 radical (unpaired) electrons. The molecule has 68 heavy (non-hydrogen) atoms. The zero-order valence-electron chi connectivity index (χ0n) is 36.2. The molecule has 0 aromatic rings. The lowest BCUT2D eigenvalue weighted by Gasteiger charge is -2.50. The van der Waals surface area contributed by atoms with E-state index in [2.05, 4.69) is 10.6 Å². The van der Waals surface area contributed by atoms with Crippen molar-refractivity contribution in [3.8, 4) is 0 Å². The molecule has 2 amide bonds. The summed E-state index contributed by atoms with van der Waals surface area (Å²) >= 11 is 0. The SMILES string of the molecule is CC(=O)N[C@H]1[C@H](O[C@H]2[C@@H](O)[C@@H](CO)O[C@@H](O[C@H]3[C@H](O)[C@@H](O)[C@H](O)O[C@@H]3CO)[C@@H]2O)O[C@H](CO)[C@@H](O[C@@H]2O[C@H](CO[C@]3(C(=O)O)C[C@H](O)[C@@H](NC(C)=O)[C@H]([C@H](O)[C@H](O)CO)O3)[C@H](O)[C@H](O)[C@H]2O)[C@@H]1O. The van der Waals surface area contributed by atoms with Gasteiger partial charge >= 0.3 is 5.97 Å². The van der Waals surface area contributed by atoms with Crippen LogP contribution in [0, 0.1) is 0 Å². The second-order valence-electron chi connectivity index (χ2n) is 16.9. The van der Waals surface area contributed by atoms with Crippen LogP contribution < -0.4 is 10.6 Å². The summed E-state index contributed by atoms with van der Waals surface area (Å²) in [5, 5.41) is 184. The van der Waals surface area contributed by atoms with Gasteiger partial charge in [-0.05, 0) is 0 Å². The van der Waals surface area contributed by atoms with Crippen molar-refractivity contribution in [2.75, 3.05) is 33.0 Å². The summed E-state index contributed by atoms with van der Waals surface area (Å²) in [7, 11) is 0. The first-order valence-corrected chi connectivity index (χ1v) is 21.2. The number of ether oxygens (including phenoxy) is 9. The van der Waals surface area contributed by atoms with E-state index in [0.29, 0.717) is 0 Å². The highest BCUT2D eigenvalue weighted by Crippen LogP contribution is 2.37. The Hall–Kier alpha value is -2.59. The van der Waals surface area contributed by atoms with Gasteiger partial charge in [0.05, 0.1) is 45.2 Å². The quantitative estimate of drug-likeness (QED) is 0.0606. The summed E-state index contributed by atoms with van der Waals surface area (Å²) in [6.45, 7) is -3.11. The molecule has 5 fully saturated rings. The van der Waals surface area contributed by atoms with Gasteiger partial charge in [0, 0.05) is 20.3 Å². The normalized spacial score (nSPS) is 46.6. The molecular formula is C37H62N2O29.